The monoisotopic (exact) mass is 268 g/mol. The maximum absolute atomic E-state index is 12.4. The molecule has 0 aromatic rings. The molecule has 1 aliphatic carbocycles. The Labute approximate surface area is 114 Å². The molecule has 5 nitrogen and oxygen atoms in total. The van der Waals surface area contributed by atoms with Gasteiger partial charge in [0.25, 0.3) is 0 Å². The van der Waals surface area contributed by atoms with E-state index >= 15 is 0 Å². The van der Waals surface area contributed by atoms with E-state index in [-0.39, 0.29) is 18.0 Å². The number of aliphatic carboxylic acids is 1. The average molecular weight is 268 g/mol. The lowest BCUT2D eigenvalue weighted by Crippen LogP contribution is -2.58. The number of urea groups is 1. The van der Waals surface area contributed by atoms with Crippen LogP contribution in [0.5, 0.6) is 0 Å². The van der Waals surface area contributed by atoms with E-state index in [1.165, 1.54) is 0 Å². The third-order valence-electron chi connectivity index (χ3n) is 4.53. The van der Waals surface area contributed by atoms with Crippen LogP contribution in [0, 0.1) is 11.8 Å². The smallest absolute Gasteiger partial charge is 0.329 e. The van der Waals surface area contributed by atoms with Crippen LogP contribution in [0.25, 0.3) is 0 Å². The van der Waals surface area contributed by atoms with Gasteiger partial charge < -0.3 is 15.3 Å². The van der Waals surface area contributed by atoms with Crippen molar-refractivity contribution >= 4 is 12.0 Å². The predicted octanol–water partition coefficient (Wildman–Crippen LogP) is 2.07. The highest BCUT2D eigenvalue weighted by Crippen LogP contribution is 2.40. The number of carbonyl (C=O) groups is 2. The Kier molecular flexibility index (Phi) is 3.74. The summed E-state index contributed by atoms with van der Waals surface area (Å²) in [7, 11) is 0. The fourth-order valence-electron chi connectivity index (χ4n) is 3.02. The molecule has 2 fully saturated rings. The molecule has 1 saturated heterocycles. The second-order valence-corrected chi connectivity index (χ2v) is 6.36. The van der Waals surface area contributed by atoms with Gasteiger partial charge in [0.15, 0.2) is 0 Å². The standard InChI is InChI=1S/C14H24N2O3/c1-9(2)11-5-4-8-16(11)13(19)15-14(3,12(17)18)10-6-7-10/h9-11H,4-8H2,1-3H3,(H,15,19)(H,17,18). The average Bonchev–Trinajstić information content (AvgIpc) is 3.05. The fourth-order valence-corrected chi connectivity index (χ4v) is 3.02. The molecule has 1 aliphatic heterocycles. The van der Waals surface area contributed by atoms with E-state index in [9.17, 15) is 14.7 Å². The van der Waals surface area contributed by atoms with Crippen molar-refractivity contribution < 1.29 is 14.7 Å². The Bertz CT molecular complexity index is 379. The van der Waals surface area contributed by atoms with Crippen LogP contribution in [0.15, 0.2) is 0 Å². The van der Waals surface area contributed by atoms with Gasteiger partial charge in [-0.05, 0) is 44.4 Å². The maximum Gasteiger partial charge on any atom is 0.329 e. The first-order valence-corrected chi connectivity index (χ1v) is 7.18. The summed E-state index contributed by atoms with van der Waals surface area (Å²) in [6.45, 7) is 6.57. The Morgan fingerprint density at radius 1 is 1.32 bits per heavy atom. The number of hydrogen-bond acceptors (Lipinski definition) is 2. The topological polar surface area (TPSA) is 69.6 Å². The van der Waals surface area contributed by atoms with Gasteiger partial charge in [0, 0.05) is 12.6 Å². The van der Waals surface area contributed by atoms with Crippen molar-refractivity contribution in [3.05, 3.63) is 0 Å². The van der Waals surface area contributed by atoms with Crippen molar-refractivity contribution in [2.24, 2.45) is 11.8 Å². The summed E-state index contributed by atoms with van der Waals surface area (Å²) in [5.41, 5.74) is -1.11. The molecule has 0 aromatic carbocycles. The number of likely N-dealkylation sites (tertiary alicyclic amines) is 1. The summed E-state index contributed by atoms with van der Waals surface area (Å²) in [6, 6.07) is 0.0187. The Morgan fingerprint density at radius 3 is 2.42 bits per heavy atom. The van der Waals surface area contributed by atoms with E-state index in [1.807, 2.05) is 4.90 Å². The van der Waals surface area contributed by atoms with Crippen LogP contribution in [0.4, 0.5) is 4.79 Å². The van der Waals surface area contributed by atoms with Crippen molar-refractivity contribution in [3.63, 3.8) is 0 Å². The van der Waals surface area contributed by atoms with Crippen molar-refractivity contribution in [2.45, 2.75) is 58.0 Å². The molecule has 0 bridgehead atoms. The van der Waals surface area contributed by atoms with Gasteiger partial charge in [-0.25, -0.2) is 9.59 Å². The van der Waals surface area contributed by atoms with E-state index < -0.39 is 11.5 Å². The van der Waals surface area contributed by atoms with E-state index in [4.69, 9.17) is 0 Å². The quantitative estimate of drug-likeness (QED) is 0.820. The molecule has 108 valence electrons. The van der Waals surface area contributed by atoms with Crippen LogP contribution in [-0.4, -0.2) is 40.1 Å². The first-order chi connectivity index (χ1) is 8.86. The number of rotatable bonds is 4. The molecule has 1 heterocycles. The molecular formula is C14H24N2O3. The van der Waals surface area contributed by atoms with Gasteiger partial charge in [-0.2, -0.15) is 0 Å². The Morgan fingerprint density at radius 2 is 1.95 bits per heavy atom. The maximum atomic E-state index is 12.4. The van der Waals surface area contributed by atoms with Crippen LogP contribution in [0.3, 0.4) is 0 Å². The van der Waals surface area contributed by atoms with E-state index in [2.05, 4.69) is 19.2 Å². The minimum absolute atomic E-state index is 0.0778. The molecule has 19 heavy (non-hydrogen) atoms. The highest BCUT2D eigenvalue weighted by Gasteiger charge is 2.49. The first-order valence-electron chi connectivity index (χ1n) is 7.18. The van der Waals surface area contributed by atoms with Gasteiger partial charge in [-0.15, -0.1) is 0 Å². The van der Waals surface area contributed by atoms with Crippen LogP contribution in [0.2, 0.25) is 0 Å². The largest absolute Gasteiger partial charge is 0.480 e. The molecule has 0 radical (unpaired) electrons. The van der Waals surface area contributed by atoms with E-state index in [0.29, 0.717) is 5.92 Å². The zero-order valence-electron chi connectivity index (χ0n) is 12.0. The third-order valence-corrected chi connectivity index (χ3v) is 4.53. The Balaban J connectivity index is 2.05. The molecule has 2 N–H and O–H groups in total. The van der Waals surface area contributed by atoms with E-state index in [0.717, 1.165) is 32.2 Å². The summed E-state index contributed by atoms with van der Waals surface area (Å²) in [5, 5.41) is 12.1. The summed E-state index contributed by atoms with van der Waals surface area (Å²) in [5.74, 6) is -0.442. The second kappa shape index (κ2) is 5.02. The summed E-state index contributed by atoms with van der Waals surface area (Å²) in [4.78, 5) is 25.6. The number of nitrogens with zero attached hydrogens (tertiary/aromatic N) is 1. The molecule has 2 rings (SSSR count). The molecular weight excluding hydrogens is 244 g/mol. The zero-order valence-corrected chi connectivity index (χ0v) is 12.0. The number of nitrogens with one attached hydrogen (secondary N) is 1. The normalized spacial score (nSPS) is 26.3. The molecule has 2 amide bonds. The van der Waals surface area contributed by atoms with Crippen molar-refractivity contribution in [1.82, 2.24) is 10.2 Å². The zero-order chi connectivity index (χ0) is 14.2. The highest BCUT2D eigenvalue weighted by molar-refractivity contribution is 5.86. The van der Waals surface area contributed by atoms with Gasteiger partial charge in [0.1, 0.15) is 5.54 Å². The fraction of sp³-hybridized carbons (Fsp3) is 0.857. The first kappa shape index (κ1) is 14.2. The van der Waals surface area contributed by atoms with Crippen LogP contribution < -0.4 is 5.32 Å². The van der Waals surface area contributed by atoms with Crippen molar-refractivity contribution in [1.29, 1.82) is 0 Å². The number of amides is 2. The number of carboxylic acids is 1. The number of carbonyl (C=O) groups excluding carboxylic acids is 1. The highest BCUT2D eigenvalue weighted by atomic mass is 16.4. The Hall–Kier alpha value is -1.26. The molecule has 5 heteroatoms. The van der Waals surface area contributed by atoms with Gasteiger partial charge in [0.05, 0.1) is 0 Å². The van der Waals surface area contributed by atoms with Gasteiger partial charge in [0.2, 0.25) is 0 Å². The summed E-state index contributed by atoms with van der Waals surface area (Å²) in [6.07, 6.45) is 3.79. The molecule has 0 spiro atoms. The molecule has 2 aliphatic rings. The lowest BCUT2D eigenvalue weighted by atomic mass is 9.96. The molecule has 2 atom stereocenters. The van der Waals surface area contributed by atoms with Gasteiger partial charge >= 0.3 is 12.0 Å². The van der Waals surface area contributed by atoms with Crippen LogP contribution in [0.1, 0.15) is 46.5 Å². The van der Waals surface area contributed by atoms with Crippen LogP contribution >= 0.6 is 0 Å². The summed E-state index contributed by atoms with van der Waals surface area (Å²) < 4.78 is 0. The summed E-state index contributed by atoms with van der Waals surface area (Å²) >= 11 is 0. The van der Waals surface area contributed by atoms with Crippen LogP contribution in [-0.2, 0) is 4.79 Å². The minimum Gasteiger partial charge on any atom is -0.480 e. The second-order valence-electron chi connectivity index (χ2n) is 6.36. The SMILES string of the molecule is CC(C)C1CCCN1C(=O)NC(C)(C(=O)O)C1CC1. The molecule has 0 aromatic heterocycles. The van der Waals surface area contributed by atoms with Gasteiger partial charge in [-0.3, -0.25) is 0 Å². The molecule has 1 saturated carbocycles. The van der Waals surface area contributed by atoms with Gasteiger partial charge in [-0.1, -0.05) is 13.8 Å². The minimum atomic E-state index is -1.11. The van der Waals surface area contributed by atoms with Crippen molar-refractivity contribution in [2.75, 3.05) is 6.54 Å². The lowest BCUT2D eigenvalue weighted by molar-refractivity contribution is -0.144. The molecule has 2 unspecified atom stereocenters. The predicted molar refractivity (Wildman–Crippen MR) is 71.9 cm³/mol. The number of hydrogen-bond donors (Lipinski definition) is 2. The third kappa shape index (κ3) is 2.69. The number of carboxylic acid groups (broad SMARTS) is 1. The van der Waals surface area contributed by atoms with Crippen molar-refractivity contribution in [3.8, 4) is 0 Å². The lowest BCUT2D eigenvalue weighted by Gasteiger charge is -2.33. The van der Waals surface area contributed by atoms with E-state index in [1.54, 1.807) is 6.92 Å².